The lowest BCUT2D eigenvalue weighted by Gasteiger charge is -2.32. The molecule has 1 saturated heterocycles. The van der Waals surface area contributed by atoms with E-state index in [-0.39, 0.29) is 11.9 Å². The average Bonchev–Trinajstić information content (AvgIpc) is 2.40. The van der Waals surface area contributed by atoms with E-state index in [0.717, 1.165) is 45.2 Å². The third kappa shape index (κ3) is 3.71. The Bertz CT molecular complexity index is 343. The Morgan fingerprint density at radius 1 is 1.05 bits per heavy atom. The Balaban J connectivity index is 1.86. The summed E-state index contributed by atoms with van der Waals surface area (Å²) >= 11 is 0. The minimum Gasteiger partial charge on any atom is -0.345 e. The van der Waals surface area contributed by atoms with Crippen LogP contribution >= 0.6 is 0 Å². The van der Waals surface area contributed by atoms with Crippen molar-refractivity contribution in [3.63, 3.8) is 0 Å². The van der Waals surface area contributed by atoms with Crippen molar-refractivity contribution < 1.29 is 9.59 Å². The molecule has 1 heterocycles. The van der Waals surface area contributed by atoms with Crippen LogP contribution in [0.25, 0.3) is 0 Å². The number of amides is 2. The maximum Gasteiger partial charge on any atom is 0.311 e. The number of hydrogen-bond donors (Lipinski definition) is 1. The smallest absolute Gasteiger partial charge is 0.311 e. The number of hydrogen-bond acceptors (Lipinski definition) is 2. The third-order valence-corrected chi connectivity index (χ3v) is 4.57. The first kappa shape index (κ1) is 14.4. The van der Waals surface area contributed by atoms with Crippen LogP contribution in [0, 0.1) is 11.8 Å². The summed E-state index contributed by atoms with van der Waals surface area (Å²) in [5.41, 5.74) is 0. The normalized spacial score (nSPS) is 31.9. The van der Waals surface area contributed by atoms with Crippen LogP contribution in [0.3, 0.4) is 0 Å². The Morgan fingerprint density at radius 2 is 1.79 bits per heavy atom. The molecule has 0 aromatic heterocycles. The number of rotatable bonds is 1. The molecule has 0 aromatic carbocycles. The Labute approximate surface area is 115 Å². The molecule has 0 aromatic rings. The summed E-state index contributed by atoms with van der Waals surface area (Å²) in [6.45, 7) is 5.77. The molecule has 1 aliphatic heterocycles. The maximum atomic E-state index is 12.1. The molecule has 19 heavy (non-hydrogen) atoms. The lowest BCUT2D eigenvalue weighted by Crippen LogP contribution is -2.51. The van der Waals surface area contributed by atoms with Gasteiger partial charge in [-0.15, -0.1) is 0 Å². The van der Waals surface area contributed by atoms with E-state index in [1.807, 2.05) is 0 Å². The fourth-order valence-corrected chi connectivity index (χ4v) is 3.28. The van der Waals surface area contributed by atoms with E-state index >= 15 is 0 Å². The van der Waals surface area contributed by atoms with Crippen molar-refractivity contribution >= 4 is 11.8 Å². The zero-order chi connectivity index (χ0) is 13.8. The van der Waals surface area contributed by atoms with E-state index in [2.05, 4.69) is 19.2 Å². The molecule has 1 N–H and O–H groups in total. The minimum atomic E-state index is -0.396. The Kier molecular flexibility index (Phi) is 4.83. The van der Waals surface area contributed by atoms with Crippen LogP contribution in [0.5, 0.6) is 0 Å². The van der Waals surface area contributed by atoms with Gasteiger partial charge in [-0.05, 0) is 37.5 Å². The fourth-order valence-electron chi connectivity index (χ4n) is 3.28. The average molecular weight is 266 g/mol. The highest BCUT2D eigenvalue weighted by molar-refractivity contribution is 6.35. The van der Waals surface area contributed by atoms with Crippen molar-refractivity contribution in [2.24, 2.45) is 11.8 Å². The molecule has 108 valence electrons. The summed E-state index contributed by atoms with van der Waals surface area (Å²) in [5, 5.41) is 2.95. The minimum absolute atomic E-state index is 0.187. The van der Waals surface area contributed by atoms with E-state index in [9.17, 15) is 9.59 Å². The van der Waals surface area contributed by atoms with E-state index in [1.54, 1.807) is 4.90 Å². The van der Waals surface area contributed by atoms with Gasteiger partial charge in [-0.2, -0.15) is 0 Å². The van der Waals surface area contributed by atoms with Gasteiger partial charge in [0.25, 0.3) is 0 Å². The highest BCUT2D eigenvalue weighted by atomic mass is 16.2. The van der Waals surface area contributed by atoms with Gasteiger partial charge >= 0.3 is 11.8 Å². The predicted octanol–water partition coefficient (Wildman–Crippen LogP) is 1.94. The number of carbonyl (C=O) groups excluding carboxylic acids is 2. The molecule has 1 saturated carbocycles. The van der Waals surface area contributed by atoms with Crippen LogP contribution in [0.15, 0.2) is 0 Å². The first-order valence-corrected chi connectivity index (χ1v) is 7.67. The summed E-state index contributed by atoms with van der Waals surface area (Å²) in [7, 11) is 0. The van der Waals surface area contributed by atoms with Crippen molar-refractivity contribution in [2.75, 3.05) is 13.1 Å². The summed E-state index contributed by atoms with van der Waals surface area (Å²) in [5.74, 6) is 0.280. The lowest BCUT2D eigenvalue weighted by molar-refractivity contribution is -0.147. The SMILES string of the molecule is CC1CCCN(C(=O)C(=O)NC2CCCCC2C)C1. The number of nitrogens with zero attached hydrogens (tertiary/aromatic N) is 1. The summed E-state index contributed by atoms with van der Waals surface area (Å²) in [6, 6.07) is 0.187. The summed E-state index contributed by atoms with van der Waals surface area (Å²) < 4.78 is 0. The van der Waals surface area contributed by atoms with Gasteiger partial charge in [0.1, 0.15) is 0 Å². The lowest BCUT2D eigenvalue weighted by atomic mass is 9.86. The first-order chi connectivity index (χ1) is 9.08. The van der Waals surface area contributed by atoms with Crippen LogP contribution in [0.4, 0.5) is 0 Å². The van der Waals surface area contributed by atoms with Crippen molar-refractivity contribution in [2.45, 2.75) is 58.4 Å². The summed E-state index contributed by atoms with van der Waals surface area (Å²) in [4.78, 5) is 25.9. The molecule has 4 nitrogen and oxygen atoms in total. The topological polar surface area (TPSA) is 49.4 Å². The molecule has 2 rings (SSSR count). The fraction of sp³-hybridized carbons (Fsp3) is 0.867. The van der Waals surface area contributed by atoms with E-state index < -0.39 is 5.91 Å². The second-order valence-electron chi connectivity index (χ2n) is 6.34. The number of nitrogens with one attached hydrogen (secondary N) is 1. The van der Waals surface area contributed by atoms with Crippen LogP contribution in [-0.4, -0.2) is 35.8 Å². The highest BCUT2D eigenvalue weighted by Gasteiger charge is 2.29. The van der Waals surface area contributed by atoms with Crippen LogP contribution in [0.1, 0.15) is 52.4 Å². The molecule has 2 amide bonds. The van der Waals surface area contributed by atoms with E-state index in [4.69, 9.17) is 0 Å². The Morgan fingerprint density at radius 3 is 2.47 bits per heavy atom. The molecular weight excluding hydrogens is 240 g/mol. The number of piperidine rings is 1. The van der Waals surface area contributed by atoms with E-state index in [0.29, 0.717) is 11.8 Å². The number of likely N-dealkylation sites (tertiary alicyclic amines) is 1. The van der Waals surface area contributed by atoms with Crippen molar-refractivity contribution in [3.8, 4) is 0 Å². The molecule has 2 aliphatic rings. The van der Waals surface area contributed by atoms with Crippen LogP contribution < -0.4 is 5.32 Å². The van der Waals surface area contributed by atoms with Crippen molar-refractivity contribution in [1.29, 1.82) is 0 Å². The molecule has 4 heteroatoms. The second kappa shape index (κ2) is 6.40. The zero-order valence-electron chi connectivity index (χ0n) is 12.2. The van der Waals surface area contributed by atoms with Gasteiger partial charge in [-0.3, -0.25) is 9.59 Å². The molecular formula is C15H26N2O2. The van der Waals surface area contributed by atoms with Crippen molar-refractivity contribution in [3.05, 3.63) is 0 Å². The molecule has 3 atom stereocenters. The number of carbonyl (C=O) groups is 2. The first-order valence-electron chi connectivity index (χ1n) is 7.67. The highest BCUT2D eigenvalue weighted by Crippen LogP contribution is 2.23. The predicted molar refractivity (Wildman–Crippen MR) is 74.5 cm³/mol. The van der Waals surface area contributed by atoms with Crippen LogP contribution in [0.2, 0.25) is 0 Å². The van der Waals surface area contributed by atoms with Gasteiger partial charge in [0.2, 0.25) is 0 Å². The van der Waals surface area contributed by atoms with Gasteiger partial charge in [-0.25, -0.2) is 0 Å². The molecule has 2 fully saturated rings. The summed E-state index contributed by atoms with van der Waals surface area (Å²) in [6.07, 6.45) is 6.73. The molecule has 3 unspecified atom stereocenters. The third-order valence-electron chi connectivity index (χ3n) is 4.57. The maximum absolute atomic E-state index is 12.1. The van der Waals surface area contributed by atoms with Gasteiger partial charge < -0.3 is 10.2 Å². The van der Waals surface area contributed by atoms with Crippen molar-refractivity contribution in [1.82, 2.24) is 10.2 Å². The molecule has 0 radical (unpaired) electrons. The largest absolute Gasteiger partial charge is 0.345 e. The molecule has 0 spiro atoms. The molecule has 1 aliphatic carbocycles. The van der Waals surface area contributed by atoms with Gasteiger partial charge in [-0.1, -0.05) is 26.7 Å². The van der Waals surface area contributed by atoms with Crippen LogP contribution in [-0.2, 0) is 9.59 Å². The zero-order valence-corrected chi connectivity index (χ0v) is 12.2. The quantitative estimate of drug-likeness (QED) is 0.737. The molecule has 0 bridgehead atoms. The second-order valence-corrected chi connectivity index (χ2v) is 6.34. The standard InChI is InChI=1S/C15H26N2O2/c1-11-6-5-9-17(10-11)15(19)14(18)16-13-8-4-3-7-12(13)2/h11-13H,3-10H2,1-2H3,(H,16,18). The van der Waals surface area contributed by atoms with E-state index in [1.165, 1.54) is 6.42 Å². The monoisotopic (exact) mass is 266 g/mol. The Hall–Kier alpha value is -1.06. The van der Waals surface area contributed by atoms with Gasteiger partial charge in [0.15, 0.2) is 0 Å². The van der Waals surface area contributed by atoms with Gasteiger partial charge in [0.05, 0.1) is 0 Å². The van der Waals surface area contributed by atoms with Gasteiger partial charge in [0, 0.05) is 19.1 Å².